The first-order valence-corrected chi connectivity index (χ1v) is 20.3. The van der Waals surface area contributed by atoms with Gasteiger partial charge < -0.3 is 28.6 Å². The van der Waals surface area contributed by atoms with Gasteiger partial charge in [0, 0.05) is 51.2 Å². The molecule has 59 heavy (non-hydrogen) atoms. The van der Waals surface area contributed by atoms with Crippen molar-refractivity contribution in [2.75, 3.05) is 25.2 Å². The van der Waals surface area contributed by atoms with Crippen molar-refractivity contribution >= 4 is 62.6 Å². The lowest BCUT2D eigenvalue weighted by atomic mass is 9.97. The van der Waals surface area contributed by atoms with Crippen molar-refractivity contribution in [1.29, 1.82) is 0 Å². The molecule has 0 saturated heterocycles. The van der Waals surface area contributed by atoms with E-state index < -0.39 is 5.97 Å². The van der Waals surface area contributed by atoms with Crippen LogP contribution in [0.1, 0.15) is 79.8 Å². The fourth-order valence-corrected chi connectivity index (χ4v) is 9.11. The summed E-state index contributed by atoms with van der Waals surface area (Å²) in [6.07, 6.45) is 2.60. The van der Waals surface area contributed by atoms with E-state index in [1.165, 1.54) is 6.33 Å². The van der Waals surface area contributed by atoms with E-state index in [-0.39, 0.29) is 36.4 Å². The molecule has 0 spiro atoms. The molecule has 302 valence electrons. The second-order valence-corrected chi connectivity index (χ2v) is 16.0. The zero-order chi connectivity index (χ0) is 41.9. The van der Waals surface area contributed by atoms with E-state index in [0.717, 1.165) is 61.6 Å². The van der Waals surface area contributed by atoms with Crippen LogP contribution in [0.3, 0.4) is 0 Å². The van der Waals surface area contributed by atoms with Gasteiger partial charge in [0.1, 0.15) is 23.5 Å². The van der Waals surface area contributed by atoms with Crippen LogP contribution in [0.4, 0.5) is 5.69 Å². The number of carboxylic acid groups (broad SMARTS) is 1. The third-order valence-electron chi connectivity index (χ3n) is 11.3. The molecule has 4 aromatic heterocycles. The smallest absolute Gasteiger partial charge is 0.354 e. The molecule has 8 rings (SSSR count). The number of carbonyl (C=O) groups is 2. The summed E-state index contributed by atoms with van der Waals surface area (Å²) in [5, 5.41) is 13.7. The molecule has 0 aliphatic carbocycles. The predicted octanol–water partition coefficient (Wildman–Crippen LogP) is 10.3. The number of aromatic nitrogens is 5. The number of amides is 1. The molecule has 0 radical (unpaired) electrons. The molecule has 1 N–H and O–H groups in total. The summed E-state index contributed by atoms with van der Waals surface area (Å²) in [4.78, 5) is 44.5. The Labute approximate surface area is 352 Å². The van der Waals surface area contributed by atoms with Gasteiger partial charge in [0.05, 0.1) is 53.1 Å². The van der Waals surface area contributed by atoms with Gasteiger partial charge in [0.25, 0.3) is 5.91 Å². The number of pyridine rings is 1. The predicted molar refractivity (Wildman–Crippen MR) is 232 cm³/mol. The summed E-state index contributed by atoms with van der Waals surface area (Å²) < 4.78 is 15.9. The lowest BCUT2D eigenvalue weighted by Gasteiger charge is -2.34. The van der Waals surface area contributed by atoms with Crippen molar-refractivity contribution in [3.8, 4) is 22.6 Å². The zero-order valence-electron chi connectivity index (χ0n) is 34.0. The first kappa shape index (κ1) is 39.9. The fourth-order valence-electron chi connectivity index (χ4n) is 8.75. The van der Waals surface area contributed by atoms with Gasteiger partial charge in [-0.25, -0.2) is 14.8 Å². The van der Waals surface area contributed by atoms with E-state index in [9.17, 15) is 9.90 Å². The number of fused-ring (bicyclic) bond motifs is 4. The summed E-state index contributed by atoms with van der Waals surface area (Å²) >= 11 is 13.6. The summed E-state index contributed by atoms with van der Waals surface area (Å²) in [7, 11) is 1.55. The number of hydrogen-bond acceptors (Lipinski definition) is 7. The van der Waals surface area contributed by atoms with Crippen LogP contribution < -0.4 is 14.4 Å². The van der Waals surface area contributed by atoms with Crippen molar-refractivity contribution in [2.45, 2.75) is 67.0 Å². The molecular formula is C46H44Cl2N6O5. The van der Waals surface area contributed by atoms with Crippen molar-refractivity contribution in [3.05, 3.63) is 128 Å². The van der Waals surface area contributed by atoms with Crippen LogP contribution in [0.5, 0.6) is 11.5 Å². The highest BCUT2D eigenvalue weighted by molar-refractivity contribution is 6.35. The minimum atomic E-state index is -1.17. The number of benzene rings is 3. The van der Waals surface area contributed by atoms with E-state index in [1.807, 2.05) is 96.1 Å². The molecule has 3 aromatic carbocycles. The highest BCUT2D eigenvalue weighted by Crippen LogP contribution is 2.47. The Morgan fingerprint density at radius 2 is 1.66 bits per heavy atom. The lowest BCUT2D eigenvalue weighted by molar-refractivity contribution is 0.0687. The van der Waals surface area contributed by atoms with Crippen LogP contribution in [0.2, 0.25) is 10.0 Å². The molecule has 0 unspecified atom stereocenters. The SMILES string of the molecule is COc1cccc2c1c(N1C[C@@H](C)n3c(c(CCCOc4cc(C)c(Cl)c(C)c4)c4ccc(Cl)c(-c5c(C)ncnc5C)c43)C1=O)c(C(=O)O)n2Cc1cccc(C)n1. The van der Waals surface area contributed by atoms with Gasteiger partial charge in [-0.3, -0.25) is 9.78 Å². The number of halogens is 2. The Morgan fingerprint density at radius 1 is 0.949 bits per heavy atom. The maximum Gasteiger partial charge on any atom is 0.354 e. The number of carboxylic acids is 1. The third-order valence-corrected chi connectivity index (χ3v) is 12.2. The van der Waals surface area contributed by atoms with Gasteiger partial charge in [-0.1, -0.05) is 41.4 Å². The first-order valence-electron chi connectivity index (χ1n) is 19.5. The molecule has 1 aliphatic rings. The van der Waals surface area contributed by atoms with Gasteiger partial charge >= 0.3 is 5.97 Å². The summed E-state index contributed by atoms with van der Waals surface area (Å²) in [6, 6.07) is 18.5. The Bertz CT molecular complexity index is 2800. The molecular weight excluding hydrogens is 787 g/mol. The monoisotopic (exact) mass is 830 g/mol. The Kier molecular flexibility index (Phi) is 10.6. The molecule has 1 amide bonds. The Hall–Kier alpha value is -5.91. The molecule has 11 nitrogen and oxygen atoms in total. The van der Waals surface area contributed by atoms with E-state index >= 15 is 4.79 Å². The van der Waals surface area contributed by atoms with Gasteiger partial charge in [0.15, 0.2) is 5.69 Å². The second-order valence-electron chi connectivity index (χ2n) is 15.2. The molecule has 0 fully saturated rings. The van der Waals surface area contributed by atoms with Crippen LogP contribution in [0, 0.1) is 34.6 Å². The number of rotatable bonds is 11. The number of nitrogens with zero attached hydrogens (tertiary/aromatic N) is 6. The average Bonchev–Trinajstić information content (AvgIpc) is 3.71. The first-order chi connectivity index (χ1) is 28.3. The average molecular weight is 832 g/mol. The fraction of sp³-hybridized carbons (Fsp3) is 0.283. The highest BCUT2D eigenvalue weighted by Gasteiger charge is 2.40. The molecule has 5 heterocycles. The van der Waals surface area contributed by atoms with Crippen molar-refractivity contribution in [2.24, 2.45) is 0 Å². The molecule has 1 aliphatic heterocycles. The number of ether oxygens (including phenoxy) is 2. The van der Waals surface area contributed by atoms with Crippen LogP contribution in [-0.2, 0) is 13.0 Å². The minimum absolute atomic E-state index is 0.0298. The van der Waals surface area contributed by atoms with Crippen molar-refractivity contribution in [1.82, 2.24) is 24.1 Å². The van der Waals surface area contributed by atoms with Gasteiger partial charge in [-0.2, -0.15) is 0 Å². The van der Waals surface area contributed by atoms with Gasteiger partial charge in [0.2, 0.25) is 0 Å². The summed E-state index contributed by atoms with van der Waals surface area (Å²) in [5.74, 6) is -0.330. The number of methoxy groups -OCH3 is 1. The van der Waals surface area contributed by atoms with Crippen LogP contribution >= 0.6 is 23.2 Å². The van der Waals surface area contributed by atoms with E-state index in [2.05, 4.69) is 19.5 Å². The third kappa shape index (κ3) is 6.85. The zero-order valence-corrected chi connectivity index (χ0v) is 35.5. The lowest BCUT2D eigenvalue weighted by Crippen LogP contribution is -2.43. The largest absolute Gasteiger partial charge is 0.496 e. The maximum atomic E-state index is 15.6. The number of carbonyl (C=O) groups excluding carboxylic acids is 1. The summed E-state index contributed by atoms with van der Waals surface area (Å²) in [5.41, 5.74) is 9.37. The van der Waals surface area contributed by atoms with Crippen molar-refractivity contribution in [3.63, 3.8) is 0 Å². The molecule has 0 bridgehead atoms. The van der Waals surface area contributed by atoms with E-state index in [0.29, 0.717) is 57.5 Å². The number of hydrogen-bond donors (Lipinski definition) is 1. The Morgan fingerprint density at radius 3 is 2.34 bits per heavy atom. The molecule has 7 aromatic rings. The van der Waals surface area contributed by atoms with Crippen LogP contribution in [0.25, 0.3) is 32.9 Å². The van der Waals surface area contributed by atoms with Crippen LogP contribution in [0.15, 0.2) is 67.0 Å². The van der Waals surface area contributed by atoms with Crippen LogP contribution in [-0.4, -0.2) is 61.3 Å². The number of aromatic carboxylic acids is 1. The van der Waals surface area contributed by atoms with Gasteiger partial charge in [-0.05, 0) is 114 Å². The molecule has 13 heteroatoms. The summed E-state index contributed by atoms with van der Waals surface area (Å²) in [6.45, 7) is 12.4. The van der Waals surface area contributed by atoms with Crippen molar-refractivity contribution < 1.29 is 24.2 Å². The molecule has 1 atom stereocenters. The van der Waals surface area contributed by atoms with E-state index in [4.69, 9.17) is 32.7 Å². The highest BCUT2D eigenvalue weighted by atomic mass is 35.5. The van der Waals surface area contributed by atoms with E-state index in [1.54, 1.807) is 22.6 Å². The minimum Gasteiger partial charge on any atom is -0.496 e. The van der Waals surface area contributed by atoms with Gasteiger partial charge in [-0.15, -0.1) is 0 Å². The number of anilines is 1. The Balaban J connectivity index is 1.32. The number of aryl methyl sites for hydroxylation is 6. The maximum absolute atomic E-state index is 15.6. The topological polar surface area (TPSA) is 125 Å². The normalized spacial score (nSPS) is 14.0. The second kappa shape index (κ2) is 15.7. The quantitative estimate of drug-likeness (QED) is 0.128. The molecule has 0 saturated carbocycles. The standard InChI is InChI=1S/C46H44Cl2N6O5/c1-24-19-31(20-25(2)40(24)48)59-18-10-13-32-33-16-17-34(47)38(37-28(5)49-23-50-29(37)6)41(33)54-27(4)21-53(45(55)42(32)54)43-39-35(14-9-15-36(39)58-7)52(44(43)46(56)57)22-30-12-8-11-26(3)51-30/h8-9,11-12,14-17,19-20,23,27H,10,13,18,21-22H2,1-7H3,(H,56,57)/t27-/m1/s1.